The summed E-state index contributed by atoms with van der Waals surface area (Å²) in [6.45, 7) is 71.9. The number of fused-ring (bicyclic) bond motifs is 2. The number of ether oxygens (including phenoxy) is 1. The summed E-state index contributed by atoms with van der Waals surface area (Å²) >= 11 is 0. The van der Waals surface area contributed by atoms with Gasteiger partial charge in [0.15, 0.2) is 0 Å². The van der Waals surface area contributed by atoms with Crippen molar-refractivity contribution in [2.24, 2.45) is 34.5 Å². The number of aryl methyl sites for hydroxylation is 1. The van der Waals surface area contributed by atoms with E-state index in [2.05, 4.69) is 205 Å². The second-order valence-electron chi connectivity index (χ2n) is 29.3. The average molecular weight is 1180 g/mol. The van der Waals surface area contributed by atoms with Gasteiger partial charge in [0, 0.05) is 11.6 Å². The van der Waals surface area contributed by atoms with Crippen LogP contribution in [0.5, 0.6) is 5.75 Å². The Labute approximate surface area is 522 Å². The van der Waals surface area contributed by atoms with E-state index >= 15 is 0 Å². The summed E-state index contributed by atoms with van der Waals surface area (Å²) in [5.41, 5.74) is 9.51. The van der Waals surface area contributed by atoms with Crippen LogP contribution in [0.3, 0.4) is 0 Å². The van der Waals surface area contributed by atoms with Crippen LogP contribution in [0.4, 0.5) is 0 Å². The van der Waals surface area contributed by atoms with Gasteiger partial charge in [-0.25, -0.2) is 4.21 Å². The number of rotatable bonds is 0. The molecule has 2 unspecified atom stereocenters. The fraction of sp³-hybridized carbons (Fsp3) is 0.662. The molecule has 3 aliphatic heterocycles. The van der Waals surface area contributed by atoms with Crippen LogP contribution in [-0.2, 0) is 26.0 Å². The maximum absolute atomic E-state index is 12.1. The second kappa shape index (κ2) is 36.9. The minimum atomic E-state index is -2.64. The molecule has 0 aromatic heterocycles. The predicted molar refractivity (Wildman–Crippen MR) is 378 cm³/mol. The molecule has 2 fully saturated rings. The third kappa shape index (κ3) is 29.6. The van der Waals surface area contributed by atoms with Crippen molar-refractivity contribution in [3.63, 3.8) is 0 Å². The molecule has 6 nitrogen and oxygen atoms in total. The highest BCUT2D eigenvalue weighted by molar-refractivity contribution is 7.99. The number of piperidine rings is 1. The van der Waals surface area contributed by atoms with Crippen molar-refractivity contribution in [3.05, 3.63) is 124 Å². The fourth-order valence-corrected chi connectivity index (χ4v) is 11.3. The van der Waals surface area contributed by atoms with E-state index in [0.717, 1.165) is 34.8 Å². The highest BCUT2D eigenvalue weighted by Crippen LogP contribution is 2.40. The van der Waals surface area contributed by atoms with Crippen molar-refractivity contribution in [3.8, 4) is 5.75 Å². The Morgan fingerprint density at radius 3 is 1.40 bits per heavy atom. The number of carbonyl (C=O) groups is 1. The van der Waals surface area contributed by atoms with Crippen LogP contribution < -0.4 is 9.46 Å². The molecule has 0 bridgehead atoms. The van der Waals surface area contributed by atoms with Crippen LogP contribution in [-0.4, -0.2) is 44.6 Å². The molecule has 7 heteroatoms. The van der Waals surface area contributed by atoms with Gasteiger partial charge in [-0.2, -0.15) is 0 Å². The molecular weight excluding hydrogens is 1050 g/mol. The average Bonchev–Trinajstić information content (AvgIpc) is 3.13. The number of likely N-dealkylation sites (tertiary alicyclic amines) is 1. The van der Waals surface area contributed by atoms with Crippen LogP contribution in [0.25, 0.3) is 5.76 Å². The van der Waals surface area contributed by atoms with Crippen molar-refractivity contribution in [1.29, 1.82) is 0 Å². The lowest BCUT2D eigenvalue weighted by Gasteiger charge is -2.40. The molecule has 3 aromatic rings. The molecule has 0 radical (unpaired) electrons. The predicted octanol–water partition coefficient (Wildman–Crippen LogP) is 23.1. The number of allylic oxidation sites excluding steroid dienone is 3. The molecule has 2 N–H and O–H groups in total. The molecule has 2 atom stereocenters. The molecule has 0 spiro atoms. The lowest BCUT2D eigenvalue weighted by molar-refractivity contribution is 0.0916. The van der Waals surface area contributed by atoms with E-state index in [1.165, 1.54) is 93.6 Å². The molecule has 3 heterocycles. The summed E-state index contributed by atoms with van der Waals surface area (Å²) in [7, 11) is -2.64. The summed E-state index contributed by atoms with van der Waals surface area (Å²) in [6.07, 6.45) is 16.6. The molecular formula is C77H134N2O4S. The minimum Gasteiger partial charge on any atom is -0.507 e. The maximum Gasteiger partial charge on any atom is 0.263 e. The standard InChI is InChI=1S/C14H16O2.C12H15NO2S.C11H22.C11H20.C11H16.C10H21N.4C2H6/c1-9-7-12(15)11-6-5-10(14(2,3)4)8-13(11)16-9;1-12(2,3)8-5-6-9-10(7-8)16(4,15)13-11(9)14;3*1-9-5-7-10(8-6-9)11(2,3)4;1-9-5-7-11(8-6-9)10(2,3)4;4*1-2/h5-8,15H,1H2,2-4H3;5-7H,4H2,1-3H3,(H,13,14,15);9-10H,5-8H2,1-4H3;7,9H,5-6,8H2,1-4H3;5-8H,1-4H3;9H,5-8H2,1-4H3;4*1-2H3. The highest BCUT2D eigenvalue weighted by Gasteiger charge is 2.31. The van der Waals surface area contributed by atoms with E-state index in [4.69, 9.17) is 4.74 Å². The van der Waals surface area contributed by atoms with Gasteiger partial charge < -0.3 is 9.84 Å². The van der Waals surface area contributed by atoms with Gasteiger partial charge in [-0.05, 0) is 183 Å². The van der Waals surface area contributed by atoms with E-state index in [0.29, 0.717) is 38.3 Å². The molecule has 1 saturated carbocycles. The summed E-state index contributed by atoms with van der Waals surface area (Å²) < 4.78 is 20.0. The van der Waals surface area contributed by atoms with E-state index < -0.39 is 9.71 Å². The third-order valence-electron chi connectivity index (χ3n) is 15.9. The normalized spacial score (nSPS) is 20.3. The Bertz CT molecular complexity index is 2490. The first-order valence-electron chi connectivity index (χ1n) is 32.9. The highest BCUT2D eigenvalue weighted by atomic mass is 32.2. The summed E-state index contributed by atoms with van der Waals surface area (Å²) in [5.74, 6) is 8.49. The van der Waals surface area contributed by atoms with Crippen molar-refractivity contribution in [1.82, 2.24) is 9.62 Å². The lowest BCUT2D eigenvalue weighted by atomic mass is 9.70. The van der Waals surface area contributed by atoms with Gasteiger partial charge in [0.1, 0.15) is 17.3 Å². The molecule has 2 aliphatic carbocycles. The summed E-state index contributed by atoms with van der Waals surface area (Å²) in [5, 5.41) is 9.75. The summed E-state index contributed by atoms with van der Waals surface area (Å²) in [4.78, 5) is 14.6. The van der Waals surface area contributed by atoms with Gasteiger partial charge in [-0.15, -0.1) is 0 Å². The zero-order valence-corrected chi connectivity index (χ0v) is 61.3. The van der Waals surface area contributed by atoms with E-state index in [1.54, 1.807) is 11.6 Å². The number of amides is 1. The number of benzene rings is 3. The number of hydrogen-bond donors (Lipinski definition) is 2. The number of nitrogens with one attached hydrogen (secondary N) is 1. The van der Waals surface area contributed by atoms with Gasteiger partial charge in [0.2, 0.25) is 0 Å². The van der Waals surface area contributed by atoms with E-state index in [1.807, 2.05) is 85.7 Å². The number of aliphatic hydroxyl groups is 1. The van der Waals surface area contributed by atoms with E-state index in [-0.39, 0.29) is 27.9 Å². The smallest absolute Gasteiger partial charge is 0.263 e. The number of carbonyl (C=O) groups excluding carboxylic acids is 1. The fourth-order valence-electron chi connectivity index (χ4n) is 9.90. The number of aliphatic hydroxyl groups excluding tert-OH is 1. The lowest BCUT2D eigenvalue weighted by Crippen LogP contribution is -2.45. The first kappa shape index (κ1) is 82.0. The molecule has 84 heavy (non-hydrogen) atoms. The Kier molecular flexibility index (Phi) is 36.0. The third-order valence-corrected chi connectivity index (χ3v) is 17.5. The van der Waals surface area contributed by atoms with Crippen molar-refractivity contribution >= 4 is 27.2 Å². The molecule has 8 rings (SSSR count). The van der Waals surface area contributed by atoms with Crippen molar-refractivity contribution in [2.75, 3.05) is 13.1 Å². The second-order valence-corrected chi connectivity index (χ2v) is 31.3. The maximum atomic E-state index is 12.1. The van der Waals surface area contributed by atoms with Crippen LogP contribution in [0.2, 0.25) is 0 Å². The van der Waals surface area contributed by atoms with Crippen LogP contribution in [0.15, 0.2) is 95.6 Å². The van der Waals surface area contributed by atoms with Crippen LogP contribution in [0, 0.1) is 41.4 Å². The Morgan fingerprint density at radius 1 is 0.571 bits per heavy atom. The van der Waals surface area contributed by atoms with Gasteiger partial charge in [-0.3, -0.25) is 14.4 Å². The molecule has 5 aliphatic rings. The molecule has 3 aromatic carbocycles. The Morgan fingerprint density at radius 2 is 1.00 bits per heavy atom. The quantitative estimate of drug-likeness (QED) is 0.173. The Hall–Kier alpha value is -4.07. The van der Waals surface area contributed by atoms with Crippen LogP contribution in [0.1, 0.15) is 297 Å². The van der Waals surface area contributed by atoms with Crippen molar-refractivity contribution < 1.29 is 18.8 Å². The van der Waals surface area contributed by atoms with Gasteiger partial charge in [0.25, 0.3) is 5.91 Å². The first-order chi connectivity index (χ1) is 38.6. The molecule has 1 saturated heterocycles. The zero-order chi connectivity index (χ0) is 66.0. The minimum absolute atomic E-state index is 0.0316. The first-order valence-corrected chi connectivity index (χ1v) is 34.6. The monoisotopic (exact) mass is 1180 g/mol. The largest absolute Gasteiger partial charge is 0.507 e. The Balaban J connectivity index is 0. The van der Waals surface area contributed by atoms with Gasteiger partial charge in [0.05, 0.1) is 25.7 Å². The summed E-state index contributed by atoms with van der Waals surface area (Å²) in [6, 6.07) is 20.1. The SMILES string of the molecule is C=C1C=C(O)c2ccc(C(C)(C)C)cc2O1.C=S1(=O)NC(=O)c2ccc(C(C)(C)C)cc21.CC.CC.CC.CC.CC1CC=C(C(C)(C)C)CC1.CC1CCC(C(C)(C)C)CC1.CC1CCN(C(C)(C)C)CC1.Cc1ccc(C(C)(C)C)cc1. The van der Waals surface area contributed by atoms with Gasteiger partial charge >= 0.3 is 0 Å². The number of hydrogen-bond acceptors (Lipinski definition) is 5. The van der Waals surface area contributed by atoms with Crippen molar-refractivity contribution in [2.45, 2.75) is 292 Å². The molecule has 1 amide bonds. The zero-order valence-electron chi connectivity index (χ0n) is 60.5. The number of nitrogens with zero attached hydrogens (tertiary/aromatic N) is 1. The topological polar surface area (TPSA) is 78.9 Å². The van der Waals surface area contributed by atoms with E-state index in [9.17, 15) is 14.1 Å². The molecule has 482 valence electrons. The van der Waals surface area contributed by atoms with Gasteiger partial charge in [-0.1, -0.05) is 253 Å². The van der Waals surface area contributed by atoms with Crippen LogP contribution >= 0.6 is 0 Å².